The fourth-order valence-corrected chi connectivity index (χ4v) is 4.50. The monoisotopic (exact) mass is 324 g/mol. The van der Waals surface area contributed by atoms with Crippen LogP contribution in [0.4, 0.5) is 0 Å². The second kappa shape index (κ2) is 5.34. The van der Waals surface area contributed by atoms with Crippen LogP contribution in [-0.2, 0) is 10.0 Å². The van der Waals surface area contributed by atoms with Crippen LogP contribution < -0.4 is 10.5 Å². The number of hydrogen-bond acceptors (Lipinski definition) is 3. The van der Waals surface area contributed by atoms with Crippen LogP contribution in [0.1, 0.15) is 36.8 Å². The maximum absolute atomic E-state index is 12.6. The molecule has 2 aliphatic carbocycles. The van der Waals surface area contributed by atoms with E-state index >= 15 is 0 Å². The van der Waals surface area contributed by atoms with Crippen molar-refractivity contribution < 1.29 is 8.42 Å². The van der Waals surface area contributed by atoms with Gasteiger partial charge in [-0.3, -0.25) is 0 Å². The lowest BCUT2D eigenvalue weighted by atomic mass is 10.1. The first kappa shape index (κ1) is 14.9. The number of hydrogen-bond donors (Lipinski definition) is 2. The van der Waals surface area contributed by atoms with Crippen molar-refractivity contribution in [1.29, 1.82) is 0 Å². The van der Waals surface area contributed by atoms with E-state index in [0.29, 0.717) is 21.7 Å². The molecule has 4 nitrogen and oxygen atoms in total. The van der Waals surface area contributed by atoms with Crippen molar-refractivity contribution in [3.63, 3.8) is 0 Å². The van der Waals surface area contributed by atoms with Crippen molar-refractivity contribution in [2.24, 2.45) is 17.6 Å². The van der Waals surface area contributed by atoms with Crippen molar-refractivity contribution in [2.45, 2.75) is 43.5 Å². The third-order valence-corrected chi connectivity index (χ3v) is 6.00. The van der Waals surface area contributed by atoms with Gasteiger partial charge in [0.2, 0.25) is 10.0 Å². The van der Waals surface area contributed by atoms with Crippen LogP contribution in [0.2, 0.25) is 0 Å². The lowest BCUT2D eigenvalue weighted by Gasteiger charge is -2.18. The van der Waals surface area contributed by atoms with E-state index in [2.05, 4.69) is 4.72 Å². The average Bonchev–Trinajstić information content (AvgIpc) is 3.27. The molecule has 114 valence electrons. The number of thiocarbonyl (C=S) groups is 1. The lowest BCUT2D eigenvalue weighted by Crippen LogP contribution is -2.38. The Morgan fingerprint density at radius 1 is 1.29 bits per heavy atom. The van der Waals surface area contributed by atoms with Gasteiger partial charge < -0.3 is 5.73 Å². The number of aryl methyl sites for hydroxylation is 1. The first-order valence-corrected chi connectivity index (χ1v) is 9.20. The van der Waals surface area contributed by atoms with Gasteiger partial charge in [-0.15, -0.1) is 0 Å². The Hall–Kier alpha value is -0.980. The summed E-state index contributed by atoms with van der Waals surface area (Å²) in [6.07, 6.45) is 4.57. The molecule has 1 aromatic rings. The highest BCUT2D eigenvalue weighted by atomic mass is 32.2. The quantitative estimate of drug-likeness (QED) is 0.786. The van der Waals surface area contributed by atoms with Gasteiger partial charge in [0.15, 0.2) is 0 Å². The predicted octanol–water partition coefficient (Wildman–Crippen LogP) is 2.10. The highest BCUT2D eigenvalue weighted by Crippen LogP contribution is 2.45. The van der Waals surface area contributed by atoms with Crippen molar-refractivity contribution in [3.05, 3.63) is 29.3 Å². The molecule has 6 heteroatoms. The molecular formula is C15H20N2O2S2. The third-order valence-electron chi connectivity index (χ3n) is 4.32. The van der Waals surface area contributed by atoms with E-state index < -0.39 is 10.0 Å². The van der Waals surface area contributed by atoms with Crippen LogP contribution in [0.25, 0.3) is 0 Å². The molecule has 1 aromatic carbocycles. The van der Waals surface area contributed by atoms with Gasteiger partial charge in [0, 0.05) is 11.6 Å². The van der Waals surface area contributed by atoms with E-state index in [4.69, 9.17) is 18.0 Å². The van der Waals surface area contributed by atoms with Gasteiger partial charge in [-0.1, -0.05) is 18.3 Å². The second-order valence-electron chi connectivity index (χ2n) is 6.16. The van der Waals surface area contributed by atoms with Crippen LogP contribution >= 0.6 is 12.2 Å². The molecule has 2 fully saturated rings. The van der Waals surface area contributed by atoms with Gasteiger partial charge in [0.1, 0.15) is 4.99 Å². The van der Waals surface area contributed by atoms with Gasteiger partial charge in [-0.2, -0.15) is 0 Å². The van der Waals surface area contributed by atoms with E-state index in [0.717, 1.165) is 36.8 Å². The molecule has 0 aliphatic heterocycles. The standard InChI is InChI=1S/C15H20N2O2S2/c1-9-8-12(6-7-13(9)15(16)20)21(18,19)17-14(10-2-3-10)11-4-5-11/h6-8,10-11,14,17H,2-5H2,1H3,(H2,16,20). The molecule has 2 saturated carbocycles. The molecule has 3 N–H and O–H groups in total. The predicted molar refractivity (Wildman–Crippen MR) is 86.6 cm³/mol. The van der Waals surface area contributed by atoms with E-state index in [9.17, 15) is 8.42 Å². The SMILES string of the molecule is Cc1cc(S(=O)(=O)NC(C2CC2)C2CC2)ccc1C(N)=S. The van der Waals surface area contributed by atoms with Crippen molar-refractivity contribution >= 4 is 27.2 Å². The Balaban J connectivity index is 1.83. The molecule has 0 amide bonds. The van der Waals surface area contributed by atoms with E-state index in [1.165, 1.54) is 0 Å². The summed E-state index contributed by atoms with van der Waals surface area (Å²) in [5, 5.41) is 0. The smallest absolute Gasteiger partial charge is 0.240 e. The number of nitrogens with one attached hydrogen (secondary N) is 1. The fourth-order valence-electron chi connectivity index (χ4n) is 2.82. The Labute approximate surface area is 131 Å². The van der Waals surface area contributed by atoms with Gasteiger partial charge in [0.05, 0.1) is 4.90 Å². The summed E-state index contributed by atoms with van der Waals surface area (Å²) in [7, 11) is -3.47. The van der Waals surface area contributed by atoms with Gasteiger partial charge in [0.25, 0.3) is 0 Å². The van der Waals surface area contributed by atoms with E-state index in [-0.39, 0.29) is 6.04 Å². The largest absolute Gasteiger partial charge is 0.389 e. The average molecular weight is 324 g/mol. The Morgan fingerprint density at radius 3 is 2.29 bits per heavy atom. The maximum atomic E-state index is 12.6. The summed E-state index contributed by atoms with van der Waals surface area (Å²) >= 11 is 4.95. The molecule has 0 radical (unpaired) electrons. The first-order chi connectivity index (χ1) is 9.88. The lowest BCUT2D eigenvalue weighted by molar-refractivity contribution is 0.471. The maximum Gasteiger partial charge on any atom is 0.240 e. The summed E-state index contributed by atoms with van der Waals surface area (Å²) in [4.78, 5) is 0.588. The minimum atomic E-state index is -3.47. The van der Waals surface area contributed by atoms with Gasteiger partial charge in [-0.05, 0) is 62.1 Å². The number of sulfonamides is 1. The zero-order valence-electron chi connectivity index (χ0n) is 12.0. The normalized spacial score (nSPS) is 19.0. The van der Waals surface area contributed by atoms with E-state index in [1.54, 1.807) is 18.2 Å². The van der Waals surface area contributed by atoms with Crippen LogP contribution in [-0.4, -0.2) is 19.4 Å². The fraction of sp³-hybridized carbons (Fsp3) is 0.533. The number of benzene rings is 1. The van der Waals surface area contributed by atoms with Crippen LogP contribution in [0.15, 0.2) is 23.1 Å². The van der Waals surface area contributed by atoms with E-state index in [1.807, 2.05) is 6.92 Å². The summed E-state index contributed by atoms with van der Waals surface area (Å²) in [6.45, 7) is 1.83. The first-order valence-electron chi connectivity index (χ1n) is 7.31. The third kappa shape index (κ3) is 3.27. The van der Waals surface area contributed by atoms with Crippen molar-refractivity contribution in [3.8, 4) is 0 Å². The van der Waals surface area contributed by atoms with Crippen molar-refractivity contribution in [1.82, 2.24) is 4.72 Å². The molecule has 0 heterocycles. The highest BCUT2D eigenvalue weighted by molar-refractivity contribution is 7.89. The zero-order valence-corrected chi connectivity index (χ0v) is 13.6. The molecule has 21 heavy (non-hydrogen) atoms. The Morgan fingerprint density at radius 2 is 1.86 bits per heavy atom. The topological polar surface area (TPSA) is 72.2 Å². The molecule has 0 unspecified atom stereocenters. The molecule has 0 atom stereocenters. The minimum absolute atomic E-state index is 0.116. The summed E-state index contributed by atoms with van der Waals surface area (Å²) < 4.78 is 28.0. The summed E-state index contributed by atoms with van der Waals surface area (Å²) in [6, 6.07) is 5.04. The molecule has 0 saturated heterocycles. The minimum Gasteiger partial charge on any atom is -0.389 e. The molecule has 0 spiro atoms. The Bertz CT molecular complexity index is 665. The van der Waals surface area contributed by atoms with Gasteiger partial charge in [-0.25, -0.2) is 13.1 Å². The zero-order chi connectivity index (χ0) is 15.2. The molecule has 3 rings (SSSR count). The summed E-state index contributed by atoms with van der Waals surface area (Å²) in [5.74, 6) is 1.06. The molecule has 2 aliphatic rings. The van der Waals surface area contributed by atoms with Gasteiger partial charge >= 0.3 is 0 Å². The number of nitrogens with two attached hydrogens (primary N) is 1. The molecule has 0 bridgehead atoms. The second-order valence-corrected chi connectivity index (χ2v) is 8.32. The number of rotatable bonds is 6. The van der Waals surface area contributed by atoms with Crippen LogP contribution in [0.3, 0.4) is 0 Å². The van der Waals surface area contributed by atoms with Crippen LogP contribution in [0.5, 0.6) is 0 Å². The Kier molecular flexibility index (Phi) is 3.80. The van der Waals surface area contributed by atoms with Crippen LogP contribution in [0, 0.1) is 18.8 Å². The van der Waals surface area contributed by atoms with Crippen molar-refractivity contribution in [2.75, 3.05) is 0 Å². The summed E-state index contributed by atoms with van der Waals surface area (Å²) in [5.41, 5.74) is 7.13. The molecule has 0 aromatic heterocycles. The highest BCUT2D eigenvalue weighted by Gasteiger charge is 2.43. The molecular weight excluding hydrogens is 304 g/mol.